The van der Waals surface area contributed by atoms with Crippen LogP contribution in [-0.4, -0.2) is 55.4 Å². The molecule has 3 fully saturated rings. The second kappa shape index (κ2) is 10.7. The molecule has 0 bridgehead atoms. The highest BCUT2D eigenvalue weighted by Gasteiger charge is 2.36. The summed E-state index contributed by atoms with van der Waals surface area (Å²) in [5, 5.41) is 0.696. The number of hydrogen-bond acceptors (Lipinski definition) is 6. The van der Waals surface area contributed by atoms with Gasteiger partial charge in [-0.15, -0.1) is 0 Å². The molecule has 0 N–H and O–H groups in total. The highest BCUT2D eigenvalue weighted by molar-refractivity contribution is 8.18. The van der Waals surface area contributed by atoms with Crippen LogP contribution in [0.5, 0.6) is 5.75 Å². The summed E-state index contributed by atoms with van der Waals surface area (Å²) in [6, 6.07) is 16.1. The molecule has 1 amide bonds. The molecule has 2 aromatic rings. The number of para-hydroxylation sites is 1. The van der Waals surface area contributed by atoms with Crippen molar-refractivity contribution in [2.45, 2.75) is 38.2 Å². The number of thioether (sulfide) groups is 1. The first-order valence-electron chi connectivity index (χ1n) is 12.1. The molecule has 0 unspecified atom stereocenters. The van der Waals surface area contributed by atoms with Gasteiger partial charge in [0.2, 0.25) is 0 Å². The number of ether oxygens (including phenoxy) is 2. The third-order valence-electron chi connectivity index (χ3n) is 6.50. The van der Waals surface area contributed by atoms with Crippen LogP contribution in [-0.2, 0) is 9.53 Å². The molecule has 5 rings (SSSR count). The van der Waals surface area contributed by atoms with Crippen molar-refractivity contribution >= 4 is 40.3 Å². The highest BCUT2D eigenvalue weighted by Crippen LogP contribution is 2.37. The van der Waals surface area contributed by atoms with E-state index in [1.807, 2.05) is 36.4 Å². The van der Waals surface area contributed by atoms with Crippen molar-refractivity contribution in [1.82, 2.24) is 4.90 Å². The lowest BCUT2D eigenvalue weighted by atomic mass is 10.1. The van der Waals surface area contributed by atoms with Crippen LogP contribution < -0.4 is 9.64 Å². The highest BCUT2D eigenvalue weighted by atomic mass is 32.2. The maximum absolute atomic E-state index is 13.5. The van der Waals surface area contributed by atoms with Crippen molar-refractivity contribution in [3.8, 4) is 5.75 Å². The molecule has 6 nitrogen and oxygen atoms in total. The Labute approximate surface area is 205 Å². The van der Waals surface area contributed by atoms with Gasteiger partial charge in [-0.25, -0.2) is 4.99 Å². The van der Waals surface area contributed by atoms with Crippen molar-refractivity contribution in [2.75, 3.05) is 38.3 Å². The zero-order valence-corrected chi connectivity index (χ0v) is 20.4. The average Bonchev–Trinajstić information content (AvgIpc) is 3.50. The first-order valence-corrected chi connectivity index (χ1v) is 12.9. The fourth-order valence-corrected chi connectivity index (χ4v) is 5.67. The minimum atomic E-state index is -0.0302. The lowest BCUT2D eigenvalue weighted by Gasteiger charge is -2.29. The van der Waals surface area contributed by atoms with E-state index in [-0.39, 0.29) is 12.0 Å². The molecule has 3 heterocycles. The molecule has 0 saturated carbocycles. The van der Waals surface area contributed by atoms with Crippen LogP contribution in [0, 0.1) is 0 Å². The molecule has 34 heavy (non-hydrogen) atoms. The predicted molar refractivity (Wildman–Crippen MR) is 139 cm³/mol. The van der Waals surface area contributed by atoms with Crippen molar-refractivity contribution in [2.24, 2.45) is 4.99 Å². The van der Waals surface area contributed by atoms with E-state index in [0.29, 0.717) is 16.6 Å². The molecule has 3 saturated heterocycles. The number of rotatable bonds is 6. The molecule has 3 aliphatic rings. The van der Waals surface area contributed by atoms with Crippen molar-refractivity contribution in [1.29, 1.82) is 0 Å². The summed E-state index contributed by atoms with van der Waals surface area (Å²) < 4.78 is 11.5. The maximum Gasteiger partial charge on any atom is 0.266 e. The number of anilines is 1. The molecule has 178 valence electrons. The van der Waals surface area contributed by atoms with Gasteiger partial charge in [0.15, 0.2) is 5.17 Å². The molecule has 0 radical (unpaired) electrons. The zero-order chi connectivity index (χ0) is 23.3. The first kappa shape index (κ1) is 23.0. The lowest BCUT2D eigenvalue weighted by Crippen LogP contribution is -2.36. The lowest BCUT2D eigenvalue weighted by molar-refractivity contribution is -0.123. The molecule has 0 aliphatic carbocycles. The van der Waals surface area contributed by atoms with Crippen LogP contribution >= 0.6 is 11.8 Å². The van der Waals surface area contributed by atoms with Crippen molar-refractivity contribution in [3.05, 3.63) is 59.0 Å². The first-order chi connectivity index (χ1) is 16.7. The number of aliphatic imine (C=N–C) groups is 1. The summed E-state index contributed by atoms with van der Waals surface area (Å²) in [4.78, 5) is 23.1. The van der Waals surface area contributed by atoms with Crippen molar-refractivity contribution < 1.29 is 14.3 Å². The van der Waals surface area contributed by atoms with Crippen LogP contribution in [0.4, 0.5) is 11.4 Å². The Morgan fingerprint density at radius 1 is 1.12 bits per heavy atom. The average molecular weight is 478 g/mol. The number of amidine groups is 1. The monoisotopic (exact) mass is 477 g/mol. The number of piperidine rings is 1. The van der Waals surface area contributed by atoms with Gasteiger partial charge in [-0.2, -0.15) is 0 Å². The Bertz CT molecular complexity index is 1070. The number of hydrogen-bond donors (Lipinski definition) is 0. The van der Waals surface area contributed by atoms with Gasteiger partial charge >= 0.3 is 0 Å². The number of nitrogens with zero attached hydrogens (tertiary/aromatic N) is 3. The zero-order valence-electron chi connectivity index (χ0n) is 19.6. The van der Waals surface area contributed by atoms with Gasteiger partial charge in [0.25, 0.3) is 5.91 Å². The number of benzene rings is 2. The second-order valence-corrected chi connectivity index (χ2v) is 9.87. The largest absolute Gasteiger partial charge is 0.496 e. The van der Waals surface area contributed by atoms with E-state index in [0.717, 1.165) is 49.5 Å². The van der Waals surface area contributed by atoms with Crippen LogP contribution in [0.3, 0.4) is 0 Å². The second-order valence-electron chi connectivity index (χ2n) is 8.87. The normalized spacial score (nSPS) is 23.3. The van der Waals surface area contributed by atoms with E-state index >= 15 is 0 Å². The van der Waals surface area contributed by atoms with Gasteiger partial charge in [0, 0.05) is 37.0 Å². The summed E-state index contributed by atoms with van der Waals surface area (Å²) in [5.74, 6) is 0.750. The molecule has 3 aliphatic heterocycles. The SMILES string of the molecule is COc1cc(N2CCCCC2)ccc1/C=C1\SC(=Nc2ccccc2)N(C[C@@H]2CCCO2)C1=O. The Morgan fingerprint density at radius 2 is 1.94 bits per heavy atom. The predicted octanol–water partition coefficient (Wildman–Crippen LogP) is 5.47. The molecule has 0 spiro atoms. The summed E-state index contributed by atoms with van der Waals surface area (Å²) in [6.07, 6.45) is 7.75. The van der Waals surface area contributed by atoms with Gasteiger partial charge in [0.1, 0.15) is 5.75 Å². The van der Waals surface area contributed by atoms with E-state index in [9.17, 15) is 4.79 Å². The van der Waals surface area contributed by atoms with Gasteiger partial charge in [-0.1, -0.05) is 18.2 Å². The number of methoxy groups -OCH3 is 1. The molecular formula is C27H31N3O3S. The van der Waals surface area contributed by atoms with Gasteiger partial charge in [-0.05, 0) is 74.2 Å². The Balaban J connectivity index is 1.43. The standard InChI is InChI=1S/C27H31N3O3S/c1-32-24-18-22(29-14-6-3-7-15-29)13-12-20(24)17-25-26(31)30(19-23-11-8-16-33-23)27(34-25)28-21-9-4-2-5-10-21/h2,4-5,9-10,12-13,17-18,23H,3,6-8,11,14-16,19H2,1H3/b25-17-,28-27?/t23-/m0/s1. The van der Waals surface area contributed by atoms with E-state index in [1.165, 1.54) is 36.7 Å². The molecule has 7 heteroatoms. The van der Waals surface area contributed by atoms with Gasteiger partial charge in [-0.3, -0.25) is 9.69 Å². The van der Waals surface area contributed by atoms with E-state index < -0.39 is 0 Å². The molecule has 2 aromatic carbocycles. The van der Waals surface area contributed by atoms with Crippen LogP contribution in [0.15, 0.2) is 58.4 Å². The minimum absolute atomic E-state index is 0.0302. The number of amides is 1. The summed E-state index contributed by atoms with van der Waals surface area (Å²) >= 11 is 1.42. The van der Waals surface area contributed by atoms with Crippen LogP contribution in [0.25, 0.3) is 6.08 Å². The Hall–Kier alpha value is -2.77. The summed E-state index contributed by atoms with van der Waals surface area (Å²) in [7, 11) is 1.69. The van der Waals surface area contributed by atoms with Crippen LogP contribution in [0.2, 0.25) is 0 Å². The van der Waals surface area contributed by atoms with E-state index in [4.69, 9.17) is 14.5 Å². The van der Waals surface area contributed by atoms with Crippen LogP contribution in [0.1, 0.15) is 37.7 Å². The quantitative estimate of drug-likeness (QED) is 0.517. The maximum atomic E-state index is 13.5. The Kier molecular flexibility index (Phi) is 7.21. The third kappa shape index (κ3) is 5.15. The minimum Gasteiger partial charge on any atom is -0.496 e. The summed E-state index contributed by atoms with van der Waals surface area (Å²) in [5.41, 5.74) is 2.91. The molecule has 0 aromatic heterocycles. The fourth-order valence-electron chi connectivity index (χ4n) is 4.67. The summed E-state index contributed by atoms with van der Waals surface area (Å²) in [6.45, 7) is 3.44. The number of carbonyl (C=O) groups excluding carboxylic acids is 1. The molecular weight excluding hydrogens is 446 g/mol. The van der Waals surface area contributed by atoms with Crippen molar-refractivity contribution in [3.63, 3.8) is 0 Å². The van der Waals surface area contributed by atoms with Gasteiger partial charge < -0.3 is 14.4 Å². The third-order valence-corrected chi connectivity index (χ3v) is 7.51. The smallest absolute Gasteiger partial charge is 0.266 e. The molecule has 1 atom stereocenters. The topological polar surface area (TPSA) is 54.4 Å². The Morgan fingerprint density at radius 3 is 2.68 bits per heavy atom. The number of carbonyl (C=O) groups is 1. The van der Waals surface area contributed by atoms with E-state index in [1.54, 1.807) is 12.0 Å². The van der Waals surface area contributed by atoms with E-state index in [2.05, 4.69) is 23.1 Å². The fraction of sp³-hybridized carbons (Fsp3) is 0.407. The van der Waals surface area contributed by atoms with Gasteiger partial charge in [0.05, 0.1) is 30.4 Å².